The van der Waals surface area contributed by atoms with Crippen LogP contribution in [0.1, 0.15) is 12.8 Å². The number of alkyl halides is 3. The number of halogens is 3. The van der Waals surface area contributed by atoms with Crippen LogP contribution in [0, 0.1) is 0 Å². The van der Waals surface area contributed by atoms with Crippen molar-refractivity contribution in [3.63, 3.8) is 0 Å². The Balaban J connectivity index is 1.86. The van der Waals surface area contributed by atoms with Gasteiger partial charge in [0.05, 0.1) is 5.75 Å². The first-order chi connectivity index (χ1) is 9.64. The molecule has 0 spiro atoms. The third-order valence-electron chi connectivity index (χ3n) is 3.14. The lowest BCUT2D eigenvalue weighted by atomic mass is 10.3. The predicted octanol–water partition coefficient (Wildman–Crippen LogP) is 1.66. The van der Waals surface area contributed by atoms with Gasteiger partial charge in [-0.25, -0.2) is 8.42 Å². The van der Waals surface area contributed by atoms with Crippen molar-refractivity contribution in [2.45, 2.75) is 24.6 Å². The number of hydrogen-bond donors (Lipinski definition) is 2. The molecule has 21 heavy (non-hydrogen) atoms. The van der Waals surface area contributed by atoms with E-state index >= 15 is 0 Å². The number of nitrogen functional groups attached to an aromatic ring is 1. The Bertz CT molecular complexity index is 595. The van der Waals surface area contributed by atoms with Crippen molar-refractivity contribution in [3.8, 4) is 5.75 Å². The van der Waals surface area contributed by atoms with Gasteiger partial charge in [0.2, 0.25) is 10.0 Å². The zero-order valence-electron chi connectivity index (χ0n) is 11.0. The maximum atomic E-state index is 12.7. The van der Waals surface area contributed by atoms with Gasteiger partial charge in [0.1, 0.15) is 17.9 Å². The highest BCUT2D eigenvalue weighted by Crippen LogP contribution is 2.49. The van der Waals surface area contributed by atoms with Crippen LogP contribution in [0.15, 0.2) is 24.3 Å². The normalized spacial score (nSPS) is 17.5. The Morgan fingerprint density at radius 3 is 2.29 bits per heavy atom. The molecule has 1 saturated carbocycles. The fraction of sp³-hybridized carbons (Fsp3) is 0.500. The summed E-state index contributed by atoms with van der Waals surface area (Å²) in [6.07, 6.45) is -5.03. The largest absolute Gasteiger partial charge is 0.492 e. The molecule has 5 nitrogen and oxygen atoms in total. The van der Waals surface area contributed by atoms with Crippen LogP contribution >= 0.6 is 0 Å². The van der Waals surface area contributed by atoms with Crippen LogP contribution in [0.2, 0.25) is 0 Å². The molecule has 0 bridgehead atoms. The molecule has 1 fully saturated rings. The topological polar surface area (TPSA) is 81.4 Å². The predicted molar refractivity (Wildman–Crippen MR) is 71.3 cm³/mol. The second-order valence-corrected chi connectivity index (χ2v) is 6.76. The number of nitrogens with one attached hydrogen (secondary N) is 1. The van der Waals surface area contributed by atoms with E-state index in [-0.39, 0.29) is 19.4 Å². The van der Waals surface area contributed by atoms with E-state index in [1.54, 1.807) is 29.0 Å². The lowest BCUT2D eigenvalue weighted by molar-refractivity contribution is -0.160. The van der Waals surface area contributed by atoms with E-state index in [2.05, 4.69) is 0 Å². The summed E-state index contributed by atoms with van der Waals surface area (Å²) in [6.45, 7) is -0.243. The number of benzene rings is 1. The van der Waals surface area contributed by atoms with Gasteiger partial charge in [-0.3, -0.25) is 0 Å². The molecular formula is C12H15F3N2O3S. The molecule has 0 unspecified atom stereocenters. The van der Waals surface area contributed by atoms with Crippen LogP contribution in [-0.2, 0) is 10.0 Å². The van der Waals surface area contributed by atoms with Crippen LogP contribution in [0.3, 0.4) is 0 Å². The van der Waals surface area contributed by atoms with E-state index < -0.39 is 27.5 Å². The number of rotatable bonds is 6. The van der Waals surface area contributed by atoms with Gasteiger partial charge in [-0.05, 0) is 37.1 Å². The zero-order chi connectivity index (χ0) is 15.7. The molecule has 0 aromatic heterocycles. The van der Waals surface area contributed by atoms with Crippen LogP contribution in [0.4, 0.5) is 18.9 Å². The van der Waals surface area contributed by atoms with Crippen molar-refractivity contribution in [1.82, 2.24) is 4.72 Å². The summed E-state index contributed by atoms with van der Waals surface area (Å²) in [7, 11) is -4.06. The molecule has 2 rings (SSSR count). The van der Waals surface area contributed by atoms with E-state index in [4.69, 9.17) is 10.5 Å². The lowest BCUT2D eigenvalue weighted by Gasteiger charge is -2.20. The molecule has 1 aliphatic carbocycles. The number of hydrogen-bond acceptors (Lipinski definition) is 4. The summed E-state index contributed by atoms with van der Waals surface area (Å²) >= 11 is 0. The van der Waals surface area contributed by atoms with Gasteiger partial charge in [0.15, 0.2) is 0 Å². The summed E-state index contributed by atoms with van der Waals surface area (Å²) < 4.78 is 68.3. The minimum atomic E-state index is -4.57. The first-order valence-corrected chi connectivity index (χ1v) is 7.86. The first kappa shape index (κ1) is 15.9. The van der Waals surface area contributed by atoms with Gasteiger partial charge in [-0.2, -0.15) is 17.9 Å². The molecule has 0 aliphatic heterocycles. The molecule has 0 saturated heterocycles. The van der Waals surface area contributed by atoms with Crippen LogP contribution in [-0.4, -0.2) is 32.5 Å². The molecule has 118 valence electrons. The molecule has 3 N–H and O–H groups in total. The maximum absolute atomic E-state index is 12.7. The van der Waals surface area contributed by atoms with Crippen molar-refractivity contribution in [3.05, 3.63) is 24.3 Å². The van der Waals surface area contributed by atoms with Crippen molar-refractivity contribution in [2.24, 2.45) is 0 Å². The van der Waals surface area contributed by atoms with Gasteiger partial charge in [0, 0.05) is 5.69 Å². The monoisotopic (exact) mass is 324 g/mol. The average molecular weight is 324 g/mol. The van der Waals surface area contributed by atoms with Crippen molar-refractivity contribution < 1.29 is 26.3 Å². The average Bonchev–Trinajstić information content (AvgIpc) is 3.11. The van der Waals surface area contributed by atoms with E-state index in [0.29, 0.717) is 11.4 Å². The maximum Gasteiger partial charge on any atom is 0.407 e. The zero-order valence-corrected chi connectivity index (χ0v) is 11.8. The molecule has 0 radical (unpaired) electrons. The van der Waals surface area contributed by atoms with Crippen LogP contribution in [0.25, 0.3) is 0 Å². The van der Waals surface area contributed by atoms with Crippen molar-refractivity contribution in [2.75, 3.05) is 18.1 Å². The molecule has 1 aromatic rings. The fourth-order valence-electron chi connectivity index (χ4n) is 1.75. The van der Waals surface area contributed by atoms with Gasteiger partial charge in [-0.1, -0.05) is 0 Å². The molecule has 0 atom stereocenters. The Hall–Kier alpha value is -1.48. The third-order valence-corrected chi connectivity index (χ3v) is 4.55. The smallest absolute Gasteiger partial charge is 0.407 e. The second kappa shape index (κ2) is 5.38. The van der Waals surface area contributed by atoms with Gasteiger partial charge in [0.25, 0.3) is 0 Å². The van der Waals surface area contributed by atoms with Crippen molar-refractivity contribution in [1.29, 1.82) is 0 Å². The van der Waals surface area contributed by atoms with E-state index in [0.717, 1.165) is 0 Å². The first-order valence-electron chi connectivity index (χ1n) is 6.20. The fourth-order valence-corrected chi connectivity index (χ4v) is 3.07. The number of anilines is 1. The molecule has 0 heterocycles. The van der Waals surface area contributed by atoms with E-state index in [9.17, 15) is 21.6 Å². The van der Waals surface area contributed by atoms with Gasteiger partial charge in [-0.15, -0.1) is 0 Å². The SMILES string of the molecule is Nc1ccc(OCCS(=O)(=O)NC2(C(F)(F)F)CC2)cc1. The minimum absolute atomic E-state index is 0.228. The highest BCUT2D eigenvalue weighted by Gasteiger charge is 2.65. The van der Waals surface area contributed by atoms with Crippen molar-refractivity contribution >= 4 is 15.7 Å². The van der Waals surface area contributed by atoms with Crippen LogP contribution < -0.4 is 15.2 Å². The lowest BCUT2D eigenvalue weighted by Crippen LogP contribution is -2.48. The summed E-state index contributed by atoms with van der Waals surface area (Å²) in [5, 5.41) is 0. The van der Waals surface area contributed by atoms with Crippen LogP contribution in [0.5, 0.6) is 5.75 Å². The molecule has 0 amide bonds. The summed E-state index contributed by atoms with van der Waals surface area (Å²) in [6, 6.07) is 6.25. The molecular weight excluding hydrogens is 309 g/mol. The molecule has 1 aromatic carbocycles. The van der Waals surface area contributed by atoms with Gasteiger partial charge < -0.3 is 10.5 Å². The Morgan fingerprint density at radius 1 is 1.24 bits per heavy atom. The highest BCUT2D eigenvalue weighted by molar-refractivity contribution is 7.89. The van der Waals surface area contributed by atoms with E-state index in [1.165, 1.54) is 0 Å². The minimum Gasteiger partial charge on any atom is -0.492 e. The highest BCUT2D eigenvalue weighted by atomic mass is 32.2. The summed E-state index contributed by atoms with van der Waals surface area (Å²) in [5.41, 5.74) is 3.71. The van der Waals surface area contributed by atoms with Gasteiger partial charge >= 0.3 is 6.18 Å². The quantitative estimate of drug-likeness (QED) is 0.780. The Kier molecular flexibility index (Phi) is 4.07. The summed E-state index contributed by atoms with van der Waals surface area (Å²) in [5.74, 6) is -0.147. The van der Waals surface area contributed by atoms with E-state index in [1.807, 2.05) is 0 Å². The molecule has 9 heteroatoms. The third kappa shape index (κ3) is 4.01. The second-order valence-electron chi connectivity index (χ2n) is 4.92. The Labute approximate surface area is 120 Å². The standard InChI is InChI=1S/C12H15F3N2O3S/c13-12(14,15)11(5-6-11)17-21(18,19)8-7-20-10-3-1-9(16)2-4-10/h1-4,17H,5-8,16H2. The number of nitrogens with two attached hydrogens (primary N) is 1. The number of ether oxygens (including phenoxy) is 1. The Morgan fingerprint density at radius 2 is 1.81 bits per heavy atom. The number of sulfonamides is 1. The molecule has 1 aliphatic rings. The summed E-state index contributed by atoms with van der Waals surface area (Å²) in [4.78, 5) is 0.